The van der Waals surface area contributed by atoms with E-state index in [-0.39, 0.29) is 4.90 Å². The Bertz CT molecular complexity index is 712. The van der Waals surface area contributed by atoms with Gasteiger partial charge in [-0.25, -0.2) is 8.42 Å². The molecule has 0 saturated heterocycles. The standard InChI is InChI=1S/C13H15ClN2O2S2/c1-9-12(15)6-10(14)7-13(9)20(17,18)16(2)8-11-4-3-5-19-11/h3-7H,8,15H2,1-2H3. The van der Waals surface area contributed by atoms with Crippen molar-refractivity contribution in [3.05, 3.63) is 45.1 Å². The summed E-state index contributed by atoms with van der Waals surface area (Å²) < 4.78 is 26.5. The highest BCUT2D eigenvalue weighted by molar-refractivity contribution is 7.89. The molecule has 0 saturated carbocycles. The second-order valence-electron chi connectivity index (χ2n) is 4.46. The lowest BCUT2D eigenvalue weighted by Gasteiger charge is -2.18. The van der Waals surface area contributed by atoms with Crippen LogP contribution in [0.3, 0.4) is 0 Å². The van der Waals surface area contributed by atoms with Gasteiger partial charge in [-0.05, 0) is 36.1 Å². The number of halogens is 1. The van der Waals surface area contributed by atoms with Crippen molar-refractivity contribution in [1.29, 1.82) is 0 Å². The summed E-state index contributed by atoms with van der Waals surface area (Å²) in [6, 6.07) is 6.78. The highest BCUT2D eigenvalue weighted by Crippen LogP contribution is 2.28. The molecule has 0 aliphatic heterocycles. The van der Waals surface area contributed by atoms with Gasteiger partial charge in [0.15, 0.2) is 0 Å². The maximum Gasteiger partial charge on any atom is 0.243 e. The maximum atomic E-state index is 12.6. The Balaban J connectivity index is 2.40. The summed E-state index contributed by atoms with van der Waals surface area (Å²) in [5, 5.41) is 2.23. The molecule has 4 nitrogen and oxygen atoms in total. The van der Waals surface area contributed by atoms with Crippen LogP contribution in [0.25, 0.3) is 0 Å². The number of thiophene rings is 1. The van der Waals surface area contributed by atoms with Crippen LogP contribution in [0, 0.1) is 6.92 Å². The number of benzene rings is 1. The van der Waals surface area contributed by atoms with Gasteiger partial charge >= 0.3 is 0 Å². The van der Waals surface area contributed by atoms with E-state index >= 15 is 0 Å². The van der Waals surface area contributed by atoms with Gasteiger partial charge in [-0.1, -0.05) is 17.7 Å². The Morgan fingerprint density at radius 2 is 2.10 bits per heavy atom. The van der Waals surface area contributed by atoms with E-state index in [1.807, 2.05) is 17.5 Å². The molecule has 2 aromatic rings. The lowest BCUT2D eigenvalue weighted by Crippen LogP contribution is -2.27. The topological polar surface area (TPSA) is 63.4 Å². The second kappa shape index (κ2) is 5.73. The van der Waals surface area contributed by atoms with Crippen LogP contribution in [0.1, 0.15) is 10.4 Å². The molecular formula is C13H15ClN2O2S2. The molecule has 0 aliphatic rings. The Morgan fingerprint density at radius 3 is 2.70 bits per heavy atom. The van der Waals surface area contributed by atoms with Gasteiger partial charge in [0.25, 0.3) is 0 Å². The number of nitrogens with zero attached hydrogens (tertiary/aromatic N) is 1. The monoisotopic (exact) mass is 330 g/mol. The normalized spacial score (nSPS) is 12.0. The maximum absolute atomic E-state index is 12.6. The van der Waals surface area contributed by atoms with E-state index in [0.717, 1.165) is 4.88 Å². The van der Waals surface area contributed by atoms with E-state index in [0.29, 0.717) is 22.8 Å². The smallest absolute Gasteiger partial charge is 0.243 e. The first kappa shape index (κ1) is 15.3. The molecule has 0 amide bonds. The lowest BCUT2D eigenvalue weighted by atomic mass is 10.2. The summed E-state index contributed by atoms with van der Waals surface area (Å²) in [5.41, 5.74) is 6.69. The summed E-state index contributed by atoms with van der Waals surface area (Å²) in [6.45, 7) is 2.00. The molecule has 2 rings (SSSR count). The van der Waals surface area contributed by atoms with E-state index in [4.69, 9.17) is 17.3 Å². The number of hydrogen-bond donors (Lipinski definition) is 1. The van der Waals surface area contributed by atoms with Gasteiger partial charge in [0, 0.05) is 29.2 Å². The molecule has 20 heavy (non-hydrogen) atoms. The molecular weight excluding hydrogens is 316 g/mol. The average molecular weight is 331 g/mol. The van der Waals surface area contributed by atoms with Crippen LogP contribution >= 0.6 is 22.9 Å². The number of rotatable bonds is 4. The first-order valence-electron chi connectivity index (χ1n) is 5.86. The highest BCUT2D eigenvalue weighted by atomic mass is 35.5. The van der Waals surface area contributed by atoms with E-state index < -0.39 is 10.0 Å². The van der Waals surface area contributed by atoms with Crippen molar-refractivity contribution in [3.63, 3.8) is 0 Å². The average Bonchev–Trinajstić information content (AvgIpc) is 2.86. The molecule has 0 atom stereocenters. The van der Waals surface area contributed by atoms with Crippen molar-refractivity contribution in [2.75, 3.05) is 12.8 Å². The van der Waals surface area contributed by atoms with Crippen molar-refractivity contribution < 1.29 is 8.42 Å². The van der Waals surface area contributed by atoms with Gasteiger partial charge in [-0.3, -0.25) is 0 Å². The number of nitrogens with two attached hydrogens (primary N) is 1. The zero-order chi connectivity index (χ0) is 14.9. The van der Waals surface area contributed by atoms with Gasteiger partial charge in [0.05, 0.1) is 4.90 Å². The second-order valence-corrected chi connectivity index (χ2v) is 7.94. The fourth-order valence-electron chi connectivity index (χ4n) is 1.82. The van der Waals surface area contributed by atoms with Crippen molar-refractivity contribution >= 4 is 38.6 Å². The highest BCUT2D eigenvalue weighted by Gasteiger charge is 2.24. The number of anilines is 1. The molecule has 7 heteroatoms. The minimum atomic E-state index is -3.62. The largest absolute Gasteiger partial charge is 0.398 e. The first-order chi connectivity index (χ1) is 9.32. The Morgan fingerprint density at radius 1 is 1.40 bits per heavy atom. The van der Waals surface area contributed by atoms with Crippen LogP contribution in [0.2, 0.25) is 5.02 Å². The molecule has 0 bridgehead atoms. The van der Waals surface area contributed by atoms with Gasteiger partial charge in [0.1, 0.15) is 0 Å². The Kier molecular flexibility index (Phi) is 4.39. The van der Waals surface area contributed by atoms with Crippen LogP contribution in [0.5, 0.6) is 0 Å². The molecule has 1 heterocycles. The zero-order valence-electron chi connectivity index (χ0n) is 11.1. The third kappa shape index (κ3) is 2.98. The van der Waals surface area contributed by atoms with Crippen LogP contribution in [-0.4, -0.2) is 19.8 Å². The first-order valence-corrected chi connectivity index (χ1v) is 8.56. The van der Waals surface area contributed by atoms with Crippen molar-refractivity contribution in [2.45, 2.75) is 18.4 Å². The van der Waals surface area contributed by atoms with Crippen LogP contribution in [-0.2, 0) is 16.6 Å². The summed E-state index contributed by atoms with van der Waals surface area (Å²) in [7, 11) is -2.07. The minimum absolute atomic E-state index is 0.154. The van der Waals surface area contributed by atoms with Crippen molar-refractivity contribution in [2.24, 2.45) is 0 Å². The minimum Gasteiger partial charge on any atom is -0.398 e. The molecule has 2 N–H and O–H groups in total. The van der Waals surface area contributed by atoms with Gasteiger partial charge in [0.2, 0.25) is 10.0 Å². The summed E-state index contributed by atoms with van der Waals surface area (Å²) in [5.74, 6) is 0. The predicted octanol–water partition coefficient (Wildman–Crippen LogP) is 3.11. The summed E-state index contributed by atoms with van der Waals surface area (Å²) >= 11 is 7.43. The third-order valence-corrected chi connectivity index (χ3v) is 6.02. The predicted molar refractivity (Wildman–Crippen MR) is 83.6 cm³/mol. The molecule has 0 fully saturated rings. The van der Waals surface area contributed by atoms with Gasteiger partial charge in [-0.2, -0.15) is 4.31 Å². The Hall–Kier alpha value is -1.08. The summed E-state index contributed by atoms with van der Waals surface area (Å²) in [6.07, 6.45) is 0. The van der Waals surface area contributed by atoms with Gasteiger partial charge in [-0.15, -0.1) is 11.3 Å². The molecule has 1 aromatic heterocycles. The molecule has 0 spiro atoms. The van der Waals surface area contributed by atoms with E-state index in [9.17, 15) is 8.42 Å². The fourth-order valence-corrected chi connectivity index (χ4v) is 4.37. The zero-order valence-corrected chi connectivity index (χ0v) is 13.5. The molecule has 0 aliphatic carbocycles. The number of sulfonamides is 1. The molecule has 1 aromatic carbocycles. The Labute approximate surface area is 127 Å². The number of nitrogen functional groups attached to an aromatic ring is 1. The van der Waals surface area contributed by atoms with Crippen LogP contribution in [0.4, 0.5) is 5.69 Å². The van der Waals surface area contributed by atoms with Gasteiger partial charge < -0.3 is 5.73 Å². The van der Waals surface area contributed by atoms with E-state index in [1.54, 1.807) is 20.0 Å². The van der Waals surface area contributed by atoms with E-state index in [2.05, 4.69) is 0 Å². The summed E-state index contributed by atoms with van der Waals surface area (Å²) in [4.78, 5) is 1.13. The third-order valence-electron chi connectivity index (χ3n) is 3.01. The quantitative estimate of drug-likeness (QED) is 0.876. The van der Waals surface area contributed by atoms with Crippen molar-refractivity contribution in [1.82, 2.24) is 4.31 Å². The fraction of sp³-hybridized carbons (Fsp3) is 0.231. The molecule has 0 radical (unpaired) electrons. The lowest BCUT2D eigenvalue weighted by molar-refractivity contribution is 0.469. The van der Waals surface area contributed by atoms with E-state index in [1.165, 1.54) is 21.7 Å². The molecule has 0 unspecified atom stereocenters. The SMILES string of the molecule is Cc1c(N)cc(Cl)cc1S(=O)(=O)N(C)Cc1cccs1. The van der Waals surface area contributed by atoms with Crippen LogP contribution in [0.15, 0.2) is 34.5 Å². The van der Waals surface area contributed by atoms with Crippen molar-refractivity contribution in [3.8, 4) is 0 Å². The number of hydrogen-bond acceptors (Lipinski definition) is 4. The molecule has 108 valence electrons. The van der Waals surface area contributed by atoms with Crippen LogP contribution < -0.4 is 5.73 Å².